The van der Waals surface area contributed by atoms with Crippen molar-refractivity contribution < 1.29 is 14.3 Å². The lowest BCUT2D eigenvalue weighted by Gasteiger charge is -2.19. The molecule has 0 spiro atoms. The highest BCUT2D eigenvalue weighted by Gasteiger charge is 2.15. The van der Waals surface area contributed by atoms with Crippen molar-refractivity contribution in [1.29, 1.82) is 0 Å². The van der Waals surface area contributed by atoms with E-state index in [1.165, 1.54) is 0 Å². The van der Waals surface area contributed by atoms with E-state index >= 15 is 0 Å². The topological polar surface area (TPSA) is 80.3 Å². The molecule has 0 aliphatic carbocycles. The molecule has 0 aliphatic rings. The number of anilines is 1. The number of nitrogens with one attached hydrogen (secondary N) is 2. The van der Waals surface area contributed by atoms with Crippen LogP contribution in [0.15, 0.2) is 22.8 Å². The Bertz CT molecular complexity index is 515. The number of pyridine rings is 1. The zero-order valence-corrected chi connectivity index (χ0v) is 14.7. The number of ether oxygens (including phenoxy) is 1. The average Bonchev–Trinajstić information content (AvgIpc) is 2.36. The summed E-state index contributed by atoms with van der Waals surface area (Å²) in [6.07, 6.45) is 1.33. The molecule has 7 heteroatoms. The van der Waals surface area contributed by atoms with Gasteiger partial charge in [0.2, 0.25) is 5.91 Å². The second-order valence-corrected chi connectivity index (χ2v) is 6.59. The van der Waals surface area contributed by atoms with Gasteiger partial charge in [-0.2, -0.15) is 0 Å². The molecule has 2 N–H and O–H groups in total. The summed E-state index contributed by atoms with van der Waals surface area (Å²) < 4.78 is 5.79. The van der Waals surface area contributed by atoms with Crippen molar-refractivity contribution in [2.45, 2.75) is 45.6 Å². The summed E-state index contributed by atoms with van der Waals surface area (Å²) in [6.45, 7) is 5.92. The van der Waals surface area contributed by atoms with Crippen molar-refractivity contribution in [3.05, 3.63) is 22.8 Å². The number of hydrogen-bond acceptors (Lipinski definition) is 4. The summed E-state index contributed by atoms with van der Waals surface area (Å²) in [5, 5.41) is 5.38. The monoisotopic (exact) mass is 371 g/mol. The largest absolute Gasteiger partial charge is 0.444 e. The predicted molar refractivity (Wildman–Crippen MR) is 88.7 cm³/mol. The number of aromatic nitrogens is 1. The van der Waals surface area contributed by atoms with Crippen LogP contribution in [0.25, 0.3) is 0 Å². The lowest BCUT2D eigenvalue weighted by atomic mass is 10.2. The van der Waals surface area contributed by atoms with Gasteiger partial charge < -0.3 is 15.4 Å². The molecule has 0 aromatic carbocycles. The second kappa shape index (κ2) is 8.73. The molecule has 0 saturated heterocycles. The van der Waals surface area contributed by atoms with Gasteiger partial charge in [-0.25, -0.2) is 9.78 Å². The third kappa shape index (κ3) is 8.61. The van der Waals surface area contributed by atoms with E-state index in [2.05, 4.69) is 31.5 Å². The summed E-state index contributed by atoms with van der Waals surface area (Å²) in [7, 11) is 0. The first-order valence-corrected chi connectivity index (χ1v) is 7.95. The Kier molecular flexibility index (Phi) is 7.31. The van der Waals surface area contributed by atoms with Crippen molar-refractivity contribution in [3.63, 3.8) is 0 Å². The predicted octanol–water partition coefficient (Wildman–Crippen LogP) is 3.48. The smallest absolute Gasteiger partial charge is 0.407 e. The highest BCUT2D eigenvalue weighted by atomic mass is 79.9. The highest BCUT2D eigenvalue weighted by molar-refractivity contribution is 9.10. The Morgan fingerprint density at radius 1 is 1.27 bits per heavy atom. The van der Waals surface area contributed by atoms with Gasteiger partial charge in [-0.3, -0.25) is 4.79 Å². The van der Waals surface area contributed by atoms with Gasteiger partial charge in [0, 0.05) is 13.0 Å². The number of alkyl carbamates (subject to hydrolysis) is 1. The van der Waals surface area contributed by atoms with Crippen molar-refractivity contribution >= 4 is 33.7 Å². The van der Waals surface area contributed by atoms with E-state index in [0.29, 0.717) is 36.2 Å². The van der Waals surface area contributed by atoms with Crippen LogP contribution in [0.2, 0.25) is 0 Å². The number of carbonyl (C=O) groups is 2. The number of unbranched alkanes of at least 4 members (excludes halogenated alkanes) is 1. The summed E-state index contributed by atoms with van der Waals surface area (Å²) in [5.41, 5.74) is -0.499. The Balaban J connectivity index is 2.14. The number of nitrogens with zero attached hydrogens (tertiary/aromatic N) is 1. The van der Waals surface area contributed by atoms with Gasteiger partial charge >= 0.3 is 6.09 Å². The fourth-order valence-electron chi connectivity index (χ4n) is 1.60. The van der Waals surface area contributed by atoms with Crippen LogP contribution < -0.4 is 10.6 Å². The SMILES string of the molecule is CC(C)(C)OC(=O)NCCCCC(=O)Nc1cccc(Br)n1. The van der Waals surface area contributed by atoms with E-state index in [0.717, 1.165) is 0 Å². The summed E-state index contributed by atoms with van der Waals surface area (Å²) in [5.74, 6) is 0.425. The van der Waals surface area contributed by atoms with Crippen molar-refractivity contribution in [1.82, 2.24) is 10.3 Å². The van der Waals surface area contributed by atoms with Gasteiger partial charge in [0.1, 0.15) is 16.0 Å². The maximum Gasteiger partial charge on any atom is 0.407 e. The molecule has 1 heterocycles. The third-order valence-electron chi connectivity index (χ3n) is 2.48. The average molecular weight is 372 g/mol. The van der Waals surface area contributed by atoms with Crippen molar-refractivity contribution in [2.24, 2.45) is 0 Å². The van der Waals surface area contributed by atoms with Crippen LogP contribution in [-0.4, -0.2) is 29.1 Å². The minimum Gasteiger partial charge on any atom is -0.444 e. The molecule has 0 bridgehead atoms. The lowest BCUT2D eigenvalue weighted by molar-refractivity contribution is -0.116. The molecule has 2 amide bonds. The maximum absolute atomic E-state index is 11.7. The van der Waals surface area contributed by atoms with Crippen LogP contribution in [0.1, 0.15) is 40.0 Å². The first kappa shape index (κ1) is 18.4. The zero-order chi connectivity index (χ0) is 16.6. The van der Waals surface area contributed by atoms with Crippen LogP contribution >= 0.6 is 15.9 Å². The molecule has 0 unspecified atom stereocenters. The minimum atomic E-state index is -0.499. The van der Waals surface area contributed by atoms with E-state index in [9.17, 15) is 9.59 Å². The first-order chi connectivity index (χ1) is 10.3. The molecule has 1 rings (SSSR count). The van der Waals surface area contributed by atoms with Gasteiger partial charge in [-0.15, -0.1) is 0 Å². The third-order valence-corrected chi connectivity index (χ3v) is 2.92. The van der Waals surface area contributed by atoms with Gasteiger partial charge in [0.25, 0.3) is 0 Å². The highest BCUT2D eigenvalue weighted by Crippen LogP contribution is 2.10. The molecule has 0 fully saturated rings. The normalized spacial score (nSPS) is 10.9. The van der Waals surface area contributed by atoms with Crippen LogP contribution in [0.5, 0.6) is 0 Å². The second-order valence-electron chi connectivity index (χ2n) is 5.78. The Labute approximate surface area is 139 Å². The van der Waals surface area contributed by atoms with Crippen molar-refractivity contribution in [3.8, 4) is 0 Å². The Hall–Kier alpha value is -1.63. The van der Waals surface area contributed by atoms with Crippen molar-refractivity contribution in [2.75, 3.05) is 11.9 Å². The van der Waals surface area contributed by atoms with E-state index in [-0.39, 0.29) is 5.91 Å². The van der Waals surface area contributed by atoms with E-state index in [4.69, 9.17) is 4.74 Å². The van der Waals surface area contributed by atoms with Gasteiger partial charge in [0.05, 0.1) is 0 Å². The molecule has 0 radical (unpaired) electrons. The van der Waals surface area contributed by atoms with Crippen LogP contribution in [0.3, 0.4) is 0 Å². The standard InChI is InChI=1S/C15H22BrN3O3/c1-15(2,3)22-14(21)17-10-5-4-9-13(20)19-12-8-6-7-11(16)18-12/h6-8H,4-5,9-10H2,1-3H3,(H,17,21)(H,18,19,20). The molecule has 6 nitrogen and oxygen atoms in total. The summed E-state index contributed by atoms with van der Waals surface area (Å²) in [6, 6.07) is 5.32. The minimum absolute atomic E-state index is 0.0946. The van der Waals surface area contributed by atoms with E-state index in [1.807, 2.05) is 20.8 Å². The lowest BCUT2D eigenvalue weighted by Crippen LogP contribution is -2.33. The molecular formula is C15H22BrN3O3. The van der Waals surface area contributed by atoms with Gasteiger partial charge in [-0.1, -0.05) is 6.07 Å². The first-order valence-electron chi connectivity index (χ1n) is 7.15. The quantitative estimate of drug-likeness (QED) is 0.592. The van der Waals surface area contributed by atoms with Crippen LogP contribution in [-0.2, 0) is 9.53 Å². The molecule has 122 valence electrons. The maximum atomic E-state index is 11.7. The number of rotatable bonds is 6. The summed E-state index contributed by atoms with van der Waals surface area (Å²) >= 11 is 3.24. The number of amides is 2. The molecule has 1 aromatic rings. The van der Waals surface area contributed by atoms with Gasteiger partial charge in [0.15, 0.2) is 0 Å². The molecule has 0 aliphatic heterocycles. The Morgan fingerprint density at radius 3 is 2.64 bits per heavy atom. The summed E-state index contributed by atoms with van der Waals surface area (Å²) in [4.78, 5) is 27.3. The van der Waals surface area contributed by atoms with E-state index < -0.39 is 11.7 Å². The van der Waals surface area contributed by atoms with E-state index in [1.54, 1.807) is 18.2 Å². The number of hydrogen-bond donors (Lipinski definition) is 2. The molecular weight excluding hydrogens is 350 g/mol. The molecule has 0 atom stereocenters. The fourth-order valence-corrected chi connectivity index (χ4v) is 1.94. The van der Waals surface area contributed by atoms with Gasteiger partial charge in [-0.05, 0) is 61.7 Å². The molecule has 0 saturated carbocycles. The Morgan fingerprint density at radius 2 is 2.00 bits per heavy atom. The molecule has 1 aromatic heterocycles. The number of carbonyl (C=O) groups excluding carboxylic acids is 2. The van der Waals surface area contributed by atoms with Crippen LogP contribution in [0, 0.1) is 0 Å². The fraction of sp³-hybridized carbons (Fsp3) is 0.533. The van der Waals surface area contributed by atoms with Crippen LogP contribution in [0.4, 0.5) is 10.6 Å². The number of halogens is 1. The zero-order valence-electron chi connectivity index (χ0n) is 13.1. The molecule has 22 heavy (non-hydrogen) atoms.